The highest BCUT2D eigenvalue weighted by Crippen LogP contribution is 2.39. The van der Waals surface area contributed by atoms with Gasteiger partial charge in [0.1, 0.15) is 0 Å². The number of anilines is 1. The van der Waals surface area contributed by atoms with E-state index in [9.17, 15) is 4.79 Å². The Morgan fingerprint density at radius 3 is 2.69 bits per heavy atom. The van der Waals surface area contributed by atoms with E-state index in [0.29, 0.717) is 5.92 Å². The molecule has 1 fully saturated rings. The van der Waals surface area contributed by atoms with Crippen LogP contribution in [-0.2, 0) is 4.79 Å². The van der Waals surface area contributed by atoms with Crippen molar-refractivity contribution in [3.8, 4) is 0 Å². The monoisotopic (exact) mass is 216 g/mol. The maximum absolute atomic E-state index is 10.6. The largest absolute Gasteiger partial charge is 0.398 e. The van der Waals surface area contributed by atoms with Crippen LogP contribution in [0.25, 0.3) is 6.08 Å². The predicted molar refractivity (Wildman–Crippen MR) is 65.7 cm³/mol. The summed E-state index contributed by atoms with van der Waals surface area (Å²) in [6, 6.07) is 5.85. The van der Waals surface area contributed by atoms with E-state index < -0.39 is 5.91 Å². The summed E-state index contributed by atoms with van der Waals surface area (Å²) >= 11 is 0. The lowest BCUT2D eigenvalue weighted by molar-refractivity contribution is -0.113. The zero-order chi connectivity index (χ0) is 11.5. The quantitative estimate of drug-likeness (QED) is 0.599. The van der Waals surface area contributed by atoms with E-state index in [1.165, 1.54) is 30.9 Å². The van der Waals surface area contributed by atoms with E-state index in [4.69, 9.17) is 11.5 Å². The van der Waals surface area contributed by atoms with Crippen LogP contribution in [0.2, 0.25) is 0 Å². The van der Waals surface area contributed by atoms with Gasteiger partial charge in [-0.2, -0.15) is 0 Å². The van der Waals surface area contributed by atoms with Crippen molar-refractivity contribution in [3.05, 3.63) is 35.4 Å². The van der Waals surface area contributed by atoms with Crippen molar-refractivity contribution in [1.29, 1.82) is 0 Å². The molecule has 0 aromatic heterocycles. The summed E-state index contributed by atoms with van der Waals surface area (Å²) in [5, 5.41) is 0. The molecule has 84 valence electrons. The Kier molecular flexibility index (Phi) is 2.95. The number of carbonyl (C=O) groups is 1. The fraction of sp³-hybridized carbons (Fsp3) is 0.308. The molecule has 3 nitrogen and oxygen atoms in total. The predicted octanol–water partition coefficient (Wildman–Crippen LogP) is 2.03. The van der Waals surface area contributed by atoms with Gasteiger partial charge in [0, 0.05) is 11.8 Å². The maximum Gasteiger partial charge on any atom is 0.241 e. The Morgan fingerprint density at radius 1 is 1.38 bits per heavy atom. The van der Waals surface area contributed by atoms with Crippen LogP contribution in [0.1, 0.15) is 36.3 Å². The molecule has 1 aromatic rings. The third-order valence-corrected chi connectivity index (χ3v) is 3.10. The molecule has 4 N–H and O–H groups in total. The molecule has 1 aliphatic carbocycles. The number of nitrogens with two attached hydrogens (primary N) is 2. The van der Waals surface area contributed by atoms with Gasteiger partial charge in [-0.15, -0.1) is 0 Å². The number of rotatable bonds is 3. The molecule has 0 bridgehead atoms. The van der Waals surface area contributed by atoms with Crippen molar-refractivity contribution in [3.63, 3.8) is 0 Å². The van der Waals surface area contributed by atoms with E-state index in [1.807, 2.05) is 12.1 Å². The summed E-state index contributed by atoms with van der Waals surface area (Å²) in [5.74, 6) is 0.170. The van der Waals surface area contributed by atoms with Gasteiger partial charge in [-0.05, 0) is 48.1 Å². The molecule has 1 aromatic carbocycles. The molecule has 16 heavy (non-hydrogen) atoms. The first-order valence-electron chi connectivity index (χ1n) is 5.54. The molecule has 0 spiro atoms. The third kappa shape index (κ3) is 2.24. The summed E-state index contributed by atoms with van der Waals surface area (Å²) in [7, 11) is 0. The van der Waals surface area contributed by atoms with Gasteiger partial charge in [-0.25, -0.2) is 0 Å². The van der Waals surface area contributed by atoms with Crippen LogP contribution in [0.3, 0.4) is 0 Å². The van der Waals surface area contributed by atoms with Gasteiger partial charge in [-0.3, -0.25) is 4.79 Å². The van der Waals surface area contributed by atoms with Crippen molar-refractivity contribution >= 4 is 17.7 Å². The Balaban J connectivity index is 2.24. The van der Waals surface area contributed by atoms with Crippen LogP contribution in [-0.4, -0.2) is 5.91 Å². The van der Waals surface area contributed by atoms with Crippen molar-refractivity contribution in [2.45, 2.75) is 25.2 Å². The first-order valence-corrected chi connectivity index (χ1v) is 5.54. The van der Waals surface area contributed by atoms with E-state index in [-0.39, 0.29) is 0 Å². The molecular formula is C13H16N2O. The van der Waals surface area contributed by atoms with Crippen molar-refractivity contribution < 1.29 is 4.79 Å². The van der Waals surface area contributed by atoms with Gasteiger partial charge in [0.25, 0.3) is 0 Å². The number of nitrogen functional groups attached to an aromatic ring is 1. The number of hydrogen-bond donors (Lipinski definition) is 2. The minimum absolute atomic E-state index is 0.429. The van der Waals surface area contributed by atoms with E-state index >= 15 is 0 Å². The summed E-state index contributed by atoms with van der Waals surface area (Å²) in [5.41, 5.74) is 14.0. The first-order chi connectivity index (χ1) is 7.66. The minimum Gasteiger partial charge on any atom is -0.398 e. The molecule has 0 atom stereocenters. The molecule has 1 saturated carbocycles. The van der Waals surface area contributed by atoms with Crippen LogP contribution < -0.4 is 11.5 Å². The summed E-state index contributed by atoms with van der Waals surface area (Å²) in [6.45, 7) is 0. The summed E-state index contributed by atoms with van der Waals surface area (Å²) in [4.78, 5) is 10.6. The second-order valence-electron chi connectivity index (χ2n) is 4.25. The molecule has 0 radical (unpaired) electrons. The summed E-state index contributed by atoms with van der Waals surface area (Å²) < 4.78 is 0. The van der Waals surface area contributed by atoms with Crippen LogP contribution >= 0.6 is 0 Å². The van der Waals surface area contributed by atoms with E-state index in [1.54, 1.807) is 6.08 Å². The molecular weight excluding hydrogens is 200 g/mol. The molecule has 1 amide bonds. The highest BCUT2D eigenvalue weighted by atomic mass is 16.1. The minimum atomic E-state index is -0.429. The van der Waals surface area contributed by atoms with Crippen molar-refractivity contribution in [1.82, 2.24) is 0 Å². The van der Waals surface area contributed by atoms with Gasteiger partial charge in [0.05, 0.1) is 0 Å². The fourth-order valence-corrected chi connectivity index (χ4v) is 1.95. The molecule has 3 heteroatoms. The molecule has 1 aliphatic rings. The topological polar surface area (TPSA) is 69.1 Å². The lowest BCUT2D eigenvalue weighted by Gasteiger charge is -2.27. The van der Waals surface area contributed by atoms with E-state index in [0.717, 1.165) is 11.3 Å². The number of hydrogen-bond acceptors (Lipinski definition) is 2. The van der Waals surface area contributed by atoms with Crippen LogP contribution in [0.15, 0.2) is 24.3 Å². The Hall–Kier alpha value is -1.77. The first kappa shape index (κ1) is 10.7. The smallest absolute Gasteiger partial charge is 0.241 e. The van der Waals surface area contributed by atoms with Crippen LogP contribution in [0, 0.1) is 0 Å². The van der Waals surface area contributed by atoms with Gasteiger partial charge in [0.2, 0.25) is 5.91 Å². The maximum atomic E-state index is 10.6. The molecule has 0 saturated heterocycles. The van der Waals surface area contributed by atoms with Crippen molar-refractivity contribution in [2.24, 2.45) is 5.73 Å². The second-order valence-corrected chi connectivity index (χ2v) is 4.25. The molecule has 0 heterocycles. The van der Waals surface area contributed by atoms with Gasteiger partial charge >= 0.3 is 0 Å². The fourth-order valence-electron chi connectivity index (χ4n) is 1.95. The second kappa shape index (κ2) is 4.39. The Bertz CT molecular complexity index is 434. The number of amides is 1. The highest BCUT2D eigenvalue weighted by Gasteiger charge is 2.21. The Labute approximate surface area is 95.1 Å². The van der Waals surface area contributed by atoms with Gasteiger partial charge in [0.15, 0.2) is 0 Å². The third-order valence-electron chi connectivity index (χ3n) is 3.10. The average Bonchev–Trinajstić information content (AvgIpc) is 2.16. The van der Waals surface area contributed by atoms with Crippen molar-refractivity contribution in [2.75, 3.05) is 5.73 Å². The molecule has 0 aliphatic heterocycles. The zero-order valence-electron chi connectivity index (χ0n) is 9.15. The van der Waals surface area contributed by atoms with Gasteiger partial charge in [-0.1, -0.05) is 12.5 Å². The number of carbonyl (C=O) groups excluding carboxylic acids is 1. The molecule has 0 unspecified atom stereocenters. The number of benzene rings is 1. The van der Waals surface area contributed by atoms with Gasteiger partial charge < -0.3 is 11.5 Å². The lowest BCUT2D eigenvalue weighted by Crippen LogP contribution is -2.11. The summed E-state index contributed by atoms with van der Waals surface area (Å²) in [6.07, 6.45) is 6.81. The normalized spacial score (nSPS) is 16.2. The number of primary amides is 1. The van der Waals surface area contributed by atoms with E-state index in [2.05, 4.69) is 6.07 Å². The zero-order valence-corrected chi connectivity index (χ0v) is 9.15. The lowest BCUT2D eigenvalue weighted by atomic mass is 9.79. The SMILES string of the molecule is NC(=O)/C=C/c1ccc(N)c(C2CCC2)c1. The van der Waals surface area contributed by atoms with Crippen LogP contribution in [0.4, 0.5) is 5.69 Å². The standard InChI is InChI=1S/C13H16N2O/c14-12-6-4-9(5-7-13(15)16)8-11(12)10-2-1-3-10/h4-8,10H,1-3,14H2,(H2,15,16)/b7-5+. The van der Waals surface area contributed by atoms with Crippen LogP contribution in [0.5, 0.6) is 0 Å². The average molecular weight is 216 g/mol. The Morgan fingerprint density at radius 2 is 2.12 bits per heavy atom. The molecule has 2 rings (SSSR count). The highest BCUT2D eigenvalue weighted by molar-refractivity contribution is 5.90.